The smallest absolute Gasteiger partial charge is 0.0762 e. The molecule has 0 aliphatic rings. The molecule has 2 nitrogen and oxygen atoms in total. The van der Waals surface area contributed by atoms with Crippen molar-refractivity contribution in [3.8, 4) is 0 Å². The number of hydrogen-bond acceptors (Lipinski definition) is 2. The van der Waals surface area contributed by atoms with Crippen molar-refractivity contribution < 1.29 is 0 Å². The first-order valence-electron chi connectivity index (χ1n) is 2.53. The lowest BCUT2D eigenvalue weighted by molar-refractivity contribution is 1.44. The maximum atomic E-state index is 3.84. The highest BCUT2D eigenvalue weighted by Gasteiger charge is 1.89. The van der Waals surface area contributed by atoms with Crippen molar-refractivity contribution in [1.29, 1.82) is 0 Å². The van der Waals surface area contributed by atoms with Gasteiger partial charge < -0.3 is 0 Å². The van der Waals surface area contributed by atoms with Crippen molar-refractivity contribution in [2.75, 3.05) is 0 Å². The molecule has 0 unspecified atom stereocenters. The van der Waals surface area contributed by atoms with Gasteiger partial charge >= 0.3 is 0 Å². The predicted octanol–water partition coefficient (Wildman–Crippen LogP) is 1.81. The Morgan fingerprint density at radius 2 is 2.11 bits per heavy atom. The van der Waals surface area contributed by atoms with Crippen molar-refractivity contribution >= 4 is 12.4 Å². The number of allylic oxidation sites excluding steroid dienone is 1. The Kier molecular flexibility index (Phi) is 3.28. The molecule has 2 heteroatoms. The molecule has 0 N–H and O–H groups in total. The lowest BCUT2D eigenvalue weighted by Gasteiger charge is -1.92. The molecule has 0 radical (unpaired) electrons. The topological polar surface area (TPSA) is 24.7 Å². The van der Waals surface area contributed by atoms with E-state index >= 15 is 0 Å². The molecular weight excluding hydrogens is 112 g/mol. The number of nitrogens with zero attached hydrogens (tertiary/aromatic N) is 2. The molecule has 0 heterocycles. The van der Waals surface area contributed by atoms with Crippen LogP contribution in [0.1, 0.15) is 6.92 Å². The Labute approximate surface area is 55.3 Å². The molecule has 0 atom stereocenters. The van der Waals surface area contributed by atoms with E-state index in [1.165, 1.54) is 6.20 Å². The summed E-state index contributed by atoms with van der Waals surface area (Å²) >= 11 is 0. The van der Waals surface area contributed by atoms with Crippen LogP contribution < -0.4 is 0 Å². The zero-order valence-corrected chi connectivity index (χ0v) is 5.59. The van der Waals surface area contributed by atoms with Gasteiger partial charge in [0.05, 0.1) is 11.4 Å². The summed E-state index contributed by atoms with van der Waals surface area (Å²) in [5.41, 5.74) is 1.34. The average molecular weight is 122 g/mol. The van der Waals surface area contributed by atoms with Crippen LogP contribution in [-0.4, -0.2) is 12.4 Å². The van der Waals surface area contributed by atoms with Crippen LogP contribution in [0.4, 0.5) is 0 Å². The lowest BCUT2D eigenvalue weighted by Crippen LogP contribution is -1.90. The molecule has 0 rings (SSSR count). The zero-order chi connectivity index (χ0) is 7.28. The van der Waals surface area contributed by atoms with E-state index in [2.05, 4.69) is 29.9 Å². The SMILES string of the molecule is C=CN=C(C)C(=C)N=C. The lowest BCUT2D eigenvalue weighted by atomic mass is 10.3. The van der Waals surface area contributed by atoms with Gasteiger partial charge in [-0.15, -0.1) is 0 Å². The molecule has 0 fully saturated rings. The second-order valence-electron chi connectivity index (χ2n) is 1.50. The third-order valence-corrected chi connectivity index (χ3v) is 0.893. The van der Waals surface area contributed by atoms with Gasteiger partial charge in [-0.25, -0.2) is 0 Å². The summed E-state index contributed by atoms with van der Waals surface area (Å²) in [7, 11) is 0. The van der Waals surface area contributed by atoms with Crippen LogP contribution in [0.3, 0.4) is 0 Å². The van der Waals surface area contributed by atoms with E-state index in [0.717, 1.165) is 5.71 Å². The van der Waals surface area contributed by atoms with E-state index in [1.807, 2.05) is 0 Å². The fraction of sp³-hybridized carbons (Fsp3) is 0.143. The van der Waals surface area contributed by atoms with E-state index in [9.17, 15) is 0 Å². The predicted molar refractivity (Wildman–Crippen MR) is 42.0 cm³/mol. The highest BCUT2D eigenvalue weighted by molar-refractivity contribution is 5.98. The van der Waals surface area contributed by atoms with Gasteiger partial charge in [-0.1, -0.05) is 13.2 Å². The van der Waals surface area contributed by atoms with Crippen LogP contribution in [0.5, 0.6) is 0 Å². The first-order chi connectivity index (χ1) is 4.22. The molecule has 0 aromatic rings. The summed E-state index contributed by atoms with van der Waals surface area (Å²) in [6, 6.07) is 0. The maximum Gasteiger partial charge on any atom is 0.0762 e. The van der Waals surface area contributed by atoms with Crippen molar-refractivity contribution in [3.05, 3.63) is 25.1 Å². The van der Waals surface area contributed by atoms with Gasteiger partial charge in [0.1, 0.15) is 0 Å². The molecule has 0 aromatic carbocycles. The van der Waals surface area contributed by atoms with Crippen molar-refractivity contribution in [3.63, 3.8) is 0 Å². The highest BCUT2D eigenvalue weighted by atomic mass is 14.8. The average Bonchev–Trinajstić information content (AvgIpc) is 1.87. The monoisotopic (exact) mass is 122 g/mol. The fourth-order valence-corrected chi connectivity index (χ4v) is 0.326. The van der Waals surface area contributed by atoms with Gasteiger partial charge in [0, 0.05) is 6.20 Å². The molecule has 0 saturated carbocycles. The fourth-order valence-electron chi connectivity index (χ4n) is 0.326. The van der Waals surface area contributed by atoms with E-state index < -0.39 is 0 Å². The Bertz CT molecular complexity index is 166. The molecule has 0 aliphatic carbocycles. The van der Waals surface area contributed by atoms with Crippen LogP contribution in [0, 0.1) is 0 Å². The molecule has 9 heavy (non-hydrogen) atoms. The van der Waals surface area contributed by atoms with Crippen LogP contribution in [0.15, 0.2) is 35.0 Å². The van der Waals surface area contributed by atoms with Crippen LogP contribution in [-0.2, 0) is 0 Å². The molecular formula is C7H10N2. The van der Waals surface area contributed by atoms with Gasteiger partial charge in [-0.05, 0) is 13.6 Å². The minimum atomic E-state index is 0.593. The van der Waals surface area contributed by atoms with Gasteiger partial charge in [-0.3, -0.25) is 9.98 Å². The van der Waals surface area contributed by atoms with Crippen molar-refractivity contribution in [2.24, 2.45) is 9.98 Å². The van der Waals surface area contributed by atoms with Crippen LogP contribution in [0.2, 0.25) is 0 Å². The van der Waals surface area contributed by atoms with Crippen molar-refractivity contribution in [2.45, 2.75) is 6.92 Å². The summed E-state index contributed by atoms with van der Waals surface area (Å²) < 4.78 is 0. The van der Waals surface area contributed by atoms with Gasteiger partial charge in [0.2, 0.25) is 0 Å². The molecule has 0 amide bonds. The first kappa shape index (κ1) is 7.82. The summed E-state index contributed by atoms with van der Waals surface area (Å²) in [5, 5.41) is 0. The third-order valence-electron chi connectivity index (χ3n) is 0.893. The summed E-state index contributed by atoms with van der Waals surface area (Å²) in [6.07, 6.45) is 1.45. The van der Waals surface area contributed by atoms with E-state index in [1.54, 1.807) is 6.92 Å². The Hall–Kier alpha value is -1.18. The Morgan fingerprint density at radius 3 is 2.44 bits per heavy atom. The van der Waals surface area contributed by atoms with Gasteiger partial charge in [0.15, 0.2) is 0 Å². The maximum absolute atomic E-state index is 3.84. The third kappa shape index (κ3) is 2.59. The molecule has 0 bridgehead atoms. The molecule has 48 valence electrons. The summed E-state index contributed by atoms with van der Waals surface area (Å²) in [4.78, 5) is 7.43. The molecule has 0 aromatic heterocycles. The second kappa shape index (κ2) is 3.78. The molecule has 0 saturated heterocycles. The Balaban J connectivity index is 4.18. The van der Waals surface area contributed by atoms with Crippen molar-refractivity contribution in [1.82, 2.24) is 0 Å². The van der Waals surface area contributed by atoms with E-state index in [4.69, 9.17) is 0 Å². The van der Waals surface area contributed by atoms with Crippen LogP contribution >= 0.6 is 0 Å². The number of aliphatic imine (C=N–C) groups is 2. The highest BCUT2D eigenvalue weighted by Crippen LogP contribution is 1.94. The van der Waals surface area contributed by atoms with Crippen LogP contribution in [0.25, 0.3) is 0 Å². The first-order valence-corrected chi connectivity index (χ1v) is 2.53. The van der Waals surface area contributed by atoms with Gasteiger partial charge in [-0.2, -0.15) is 0 Å². The molecule has 0 aliphatic heterocycles. The van der Waals surface area contributed by atoms with E-state index in [0.29, 0.717) is 5.70 Å². The summed E-state index contributed by atoms with van der Waals surface area (Å²) in [5.74, 6) is 0. The van der Waals surface area contributed by atoms with E-state index in [-0.39, 0.29) is 0 Å². The standard InChI is InChI=1S/C7H10N2/c1-5-9-7(3)6(2)8-4/h5H,1-2,4H2,3H3. The normalized spacial score (nSPS) is 10.6. The second-order valence-corrected chi connectivity index (χ2v) is 1.50. The number of hydrogen-bond donors (Lipinski definition) is 0. The minimum absolute atomic E-state index is 0.593. The minimum Gasteiger partial charge on any atom is -0.263 e. The number of rotatable bonds is 3. The molecule has 0 spiro atoms. The Morgan fingerprint density at radius 1 is 1.56 bits per heavy atom. The largest absolute Gasteiger partial charge is 0.263 e. The zero-order valence-electron chi connectivity index (χ0n) is 5.59. The van der Waals surface area contributed by atoms with Gasteiger partial charge in [0.25, 0.3) is 0 Å². The summed E-state index contributed by atoms with van der Waals surface area (Å²) in [6.45, 7) is 12.1. The quantitative estimate of drug-likeness (QED) is 0.510.